The standard InChI is InChI=1S/C16H15FN2O4/c1-9(20)19-13-8-16(12(18)7-11(13)17)23-15-6-4-3-5-14(15)22-10(2)21/h3-8H,18H2,1-2H3,(H,19,20). The molecule has 23 heavy (non-hydrogen) atoms. The number of hydrogen-bond donors (Lipinski definition) is 2. The zero-order valence-corrected chi connectivity index (χ0v) is 12.6. The van der Waals surface area contributed by atoms with Gasteiger partial charge in [-0.1, -0.05) is 12.1 Å². The predicted molar refractivity (Wildman–Crippen MR) is 82.9 cm³/mol. The minimum atomic E-state index is -0.682. The van der Waals surface area contributed by atoms with E-state index in [-0.39, 0.29) is 28.6 Å². The molecule has 0 heterocycles. The zero-order valence-electron chi connectivity index (χ0n) is 12.6. The van der Waals surface area contributed by atoms with E-state index in [4.69, 9.17) is 15.2 Å². The van der Waals surface area contributed by atoms with Crippen molar-refractivity contribution in [1.29, 1.82) is 0 Å². The van der Waals surface area contributed by atoms with Crippen molar-refractivity contribution in [2.75, 3.05) is 11.1 Å². The number of carbonyl (C=O) groups excluding carboxylic acids is 2. The number of anilines is 2. The van der Waals surface area contributed by atoms with E-state index in [1.807, 2.05) is 0 Å². The van der Waals surface area contributed by atoms with Crippen LogP contribution in [0.3, 0.4) is 0 Å². The summed E-state index contributed by atoms with van der Waals surface area (Å²) < 4.78 is 24.4. The number of halogens is 1. The highest BCUT2D eigenvalue weighted by atomic mass is 19.1. The van der Waals surface area contributed by atoms with Crippen LogP contribution >= 0.6 is 0 Å². The van der Waals surface area contributed by atoms with Crippen LogP contribution in [0.15, 0.2) is 36.4 Å². The molecule has 120 valence electrons. The summed E-state index contributed by atoms with van der Waals surface area (Å²) in [5, 5.41) is 2.34. The van der Waals surface area contributed by atoms with Crippen LogP contribution in [0.5, 0.6) is 17.2 Å². The predicted octanol–water partition coefficient (Wildman–Crippen LogP) is 3.08. The molecule has 0 unspecified atom stereocenters. The molecular weight excluding hydrogens is 303 g/mol. The number of ether oxygens (including phenoxy) is 2. The minimum Gasteiger partial charge on any atom is -0.451 e. The van der Waals surface area contributed by atoms with Gasteiger partial charge in [0.1, 0.15) is 5.82 Å². The van der Waals surface area contributed by atoms with Crippen molar-refractivity contribution in [3.63, 3.8) is 0 Å². The summed E-state index contributed by atoms with van der Waals surface area (Å²) in [5.74, 6) is -1.07. The largest absolute Gasteiger partial charge is 0.451 e. The maximum atomic E-state index is 13.8. The molecule has 2 rings (SSSR count). The second kappa shape index (κ2) is 6.78. The highest BCUT2D eigenvalue weighted by molar-refractivity contribution is 5.89. The third kappa shape index (κ3) is 4.19. The van der Waals surface area contributed by atoms with Gasteiger partial charge in [0.15, 0.2) is 17.2 Å². The summed E-state index contributed by atoms with van der Waals surface area (Å²) >= 11 is 0. The van der Waals surface area contributed by atoms with Crippen LogP contribution < -0.4 is 20.5 Å². The fourth-order valence-electron chi connectivity index (χ4n) is 1.83. The second-order valence-electron chi connectivity index (χ2n) is 4.69. The molecular formula is C16H15FN2O4. The number of nitrogens with one attached hydrogen (secondary N) is 1. The highest BCUT2D eigenvalue weighted by Gasteiger charge is 2.13. The fourth-order valence-corrected chi connectivity index (χ4v) is 1.83. The van der Waals surface area contributed by atoms with Crippen molar-refractivity contribution in [1.82, 2.24) is 0 Å². The van der Waals surface area contributed by atoms with Gasteiger partial charge >= 0.3 is 5.97 Å². The quantitative estimate of drug-likeness (QED) is 0.513. The Morgan fingerprint density at radius 2 is 1.74 bits per heavy atom. The summed E-state index contributed by atoms with van der Waals surface area (Å²) in [6, 6.07) is 8.76. The Balaban J connectivity index is 2.37. The molecule has 0 saturated carbocycles. The number of amides is 1. The fraction of sp³-hybridized carbons (Fsp3) is 0.125. The van der Waals surface area contributed by atoms with Crippen molar-refractivity contribution in [2.45, 2.75) is 13.8 Å². The first-order valence-electron chi connectivity index (χ1n) is 6.68. The summed E-state index contributed by atoms with van der Waals surface area (Å²) in [7, 11) is 0. The molecule has 3 N–H and O–H groups in total. The Morgan fingerprint density at radius 1 is 1.09 bits per heavy atom. The molecule has 0 aliphatic heterocycles. The maximum Gasteiger partial charge on any atom is 0.308 e. The van der Waals surface area contributed by atoms with Crippen molar-refractivity contribution >= 4 is 23.3 Å². The number of esters is 1. The van der Waals surface area contributed by atoms with Crippen LogP contribution in [-0.4, -0.2) is 11.9 Å². The summed E-state index contributed by atoms with van der Waals surface area (Å²) in [6.07, 6.45) is 0. The van der Waals surface area contributed by atoms with Crippen molar-refractivity contribution in [3.8, 4) is 17.2 Å². The number of hydrogen-bond acceptors (Lipinski definition) is 5. The van der Waals surface area contributed by atoms with E-state index in [0.29, 0.717) is 0 Å². The molecule has 0 fully saturated rings. The molecule has 0 aromatic heterocycles. The van der Waals surface area contributed by atoms with E-state index < -0.39 is 17.7 Å². The molecule has 6 nitrogen and oxygen atoms in total. The highest BCUT2D eigenvalue weighted by Crippen LogP contribution is 2.36. The number of rotatable bonds is 4. The monoisotopic (exact) mass is 318 g/mol. The Morgan fingerprint density at radius 3 is 2.35 bits per heavy atom. The Labute approximate surface area is 132 Å². The molecule has 0 spiro atoms. The van der Waals surface area contributed by atoms with E-state index in [0.717, 1.165) is 6.07 Å². The van der Waals surface area contributed by atoms with Gasteiger partial charge in [-0.2, -0.15) is 0 Å². The van der Waals surface area contributed by atoms with Gasteiger partial charge in [0, 0.05) is 26.0 Å². The SMILES string of the molecule is CC(=O)Nc1cc(Oc2ccccc2OC(C)=O)c(N)cc1F. The van der Waals surface area contributed by atoms with E-state index in [2.05, 4.69) is 5.32 Å². The van der Waals surface area contributed by atoms with Crippen LogP contribution in [0.1, 0.15) is 13.8 Å². The number of para-hydroxylation sites is 2. The molecule has 0 bridgehead atoms. The van der Waals surface area contributed by atoms with Gasteiger partial charge in [-0.15, -0.1) is 0 Å². The lowest BCUT2D eigenvalue weighted by atomic mass is 10.2. The molecule has 0 atom stereocenters. The molecule has 1 amide bonds. The molecule has 2 aromatic rings. The van der Waals surface area contributed by atoms with E-state index in [9.17, 15) is 14.0 Å². The summed E-state index contributed by atoms with van der Waals surface area (Å²) in [5.41, 5.74) is 5.71. The van der Waals surface area contributed by atoms with E-state index >= 15 is 0 Å². The van der Waals surface area contributed by atoms with Crippen LogP contribution in [-0.2, 0) is 9.59 Å². The Bertz CT molecular complexity index is 762. The lowest BCUT2D eigenvalue weighted by Gasteiger charge is -2.14. The number of nitrogens with two attached hydrogens (primary N) is 1. The Kier molecular flexibility index (Phi) is 4.80. The third-order valence-corrected chi connectivity index (χ3v) is 2.73. The molecule has 0 aliphatic rings. The van der Waals surface area contributed by atoms with Crippen molar-refractivity contribution in [3.05, 3.63) is 42.2 Å². The average Bonchev–Trinajstić information content (AvgIpc) is 2.45. The maximum absolute atomic E-state index is 13.8. The van der Waals surface area contributed by atoms with Crippen LogP contribution in [0, 0.1) is 5.82 Å². The lowest BCUT2D eigenvalue weighted by molar-refractivity contribution is -0.132. The van der Waals surface area contributed by atoms with Gasteiger partial charge in [0.05, 0.1) is 11.4 Å². The first-order chi connectivity index (χ1) is 10.9. The van der Waals surface area contributed by atoms with Crippen molar-refractivity contribution < 1.29 is 23.5 Å². The van der Waals surface area contributed by atoms with Crippen molar-refractivity contribution in [2.24, 2.45) is 0 Å². The van der Waals surface area contributed by atoms with Gasteiger partial charge in [0.2, 0.25) is 5.91 Å². The number of benzene rings is 2. The van der Waals surface area contributed by atoms with Gasteiger partial charge in [-0.3, -0.25) is 9.59 Å². The molecule has 0 radical (unpaired) electrons. The number of carbonyl (C=O) groups is 2. The van der Waals surface area contributed by atoms with E-state index in [1.165, 1.54) is 19.9 Å². The van der Waals surface area contributed by atoms with Crippen LogP contribution in [0.4, 0.5) is 15.8 Å². The van der Waals surface area contributed by atoms with E-state index in [1.54, 1.807) is 24.3 Å². The van der Waals surface area contributed by atoms with Gasteiger partial charge in [0.25, 0.3) is 0 Å². The molecule has 2 aromatic carbocycles. The molecule has 0 saturated heterocycles. The first kappa shape index (κ1) is 16.3. The zero-order chi connectivity index (χ0) is 17.0. The minimum absolute atomic E-state index is 0.0363. The average molecular weight is 318 g/mol. The summed E-state index contributed by atoms with van der Waals surface area (Å²) in [4.78, 5) is 22.2. The Hall–Kier alpha value is -3.09. The lowest BCUT2D eigenvalue weighted by Crippen LogP contribution is -2.08. The first-order valence-corrected chi connectivity index (χ1v) is 6.68. The van der Waals surface area contributed by atoms with Gasteiger partial charge in [-0.05, 0) is 12.1 Å². The van der Waals surface area contributed by atoms with Gasteiger partial charge in [-0.25, -0.2) is 4.39 Å². The smallest absolute Gasteiger partial charge is 0.308 e. The third-order valence-electron chi connectivity index (χ3n) is 2.73. The number of nitrogen functional groups attached to an aromatic ring is 1. The molecule has 0 aliphatic carbocycles. The molecule has 7 heteroatoms. The second-order valence-corrected chi connectivity index (χ2v) is 4.69. The van der Waals surface area contributed by atoms with Crippen LogP contribution in [0.2, 0.25) is 0 Å². The summed E-state index contributed by atoms with van der Waals surface area (Å²) in [6.45, 7) is 2.52. The van der Waals surface area contributed by atoms with Crippen LogP contribution in [0.25, 0.3) is 0 Å². The van der Waals surface area contributed by atoms with Gasteiger partial charge < -0.3 is 20.5 Å². The topological polar surface area (TPSA) is 90.6 Å². The normalized spacial score (nSPS) is 10.0.